The molecule has 0 fully saturated rings. The van der Waals surface area contributed by atoms with E-state index in [1.54, 1.807) is 27.9 Å². The second kappa shape index (κ2) is 9.77. The van der Waals surface area contributed by atoms with Gasteiger partial charge in [0.15, 0.2) is 0 Å². The van der Waals surface area contributed by atoms with Crippen molar-refractivity contribution in [3.05, 3.63) is 35.9 Å². The minimum absolute atomic E-state index is 0.199. The molecule has 0 aliphatic carbocycles. The summed E-state index contributed by atoms with van der Waals surface area (Å²) < 4.78 is 9.76. The van der Waals surface area contributed by atoms with Crippen LogP contribution in [0.5, 0.6) is 0 Å². The standard InChI is InChI=1S/C8H10O.C7H14N2O3/c1-9-7-8-5-3-2-4-6-8;1-7(2,3)12-6(11)9-4-5(8)10/h2-6H,7H2,1H3;4H2,1-3H3,(H2,8,10)(H,9,11). The first-order valence-electron chi connectivity index (χ1n) is 6.52. The van der Waals surface area contributed by atoms with Gasteiger partial charge in [0, 0.05) is 7.11 Å². The maximum atomic E-state index is 10.8. The predicted octanol–water partition coefficient (Wildman–Crippen LogP) is 1.83. The fraction of sp³-hybridized carbons (Fsp3) is 0.467. The van der Waals surface area contributed by atoms with Gasteiger partial charge >= 0.3 is 6.09 Å². The molecule has 1 aromatic carbocycles. The van der Waals surface area contributed by atoms with Crippen molar-refractivity contribution >= 4 is 12.0 Å². The van der Waals surface area contributed by atoms with Crippen LogP contribution in [-0.2, 0) is 20.9 Å². The Bertz CT molecular complexity index is 427. The van der Waals surface area contributed by atoms with Crippen molar-refractivity contribution in [1.82, 2.24) is 5.32 Å². The van der Waals surface area contributed by atoms with Crippen molar-refractivity contribution in [2.45, 2.75) is 33.0 Å². The van der Waals surface area contributed by atoms with Gasteiger partial charge in [-0.2, -0.15) is 0 Å². The average molecular weight is 296 g/mol. The summed E-state index contributed by atoms with van der Waals surface area (Å²) in [7, 11) is 1.70. The number of hydrogen-bond donors (Lipinski definition) is 2. The molecule has 0 aliphatic heterocycles. The van der Waals surface area contributed by atoms with Gasteiger partial charge in [0.05, 0.1) is 13.2 Å². The first-order valence-corrected chi connectivity index (χ1v) is 6.52. The van der Waals surface area contributed by atoms with Gasteiger partial charge in [-0.05, 0) is 26.3 Å². The summed E-state index contributed by atoms with van der Waals surface area (Å²) in [5.74, 6) is -0.596. The Kier molecular flexibility index (Phi) is 8.80. The van der Waals surface area contributed by atoms with Gasteiger partial charge in [0.1, 0.15) is 5.60 Å². The van der Waals surface area contributed by atoms with Crippen LogP contribution in [0.2, 0.25) is 0 Å². The molecule has 0 saturated carbocycles. The van der Waals surface area contributed by atoms with E-state index in [1.807, 2.05) is 30.3 Å². The van der Waals surface area contributed by atoms with Crippen LogP contribution in [-0.4, -0.2) is 31.3 Å². The molecule has 0 aliphatic rings. The normalized spacial score (nSPS) is 10.1. The van der Waals surface area contributed by atoms with E-state index in [2.05, 4.69) is 5.32 Å². The number of hydrogen-bond acceptors (Lipinski definition) is 4. The van der Waals surface area contributed by atoms with Gasteiger partial charge < -0.3 is 20.5 Å². The molecule has 118 valence electrons. The number of carbonyl (C=O) groups excluding carboxylic acids is 2. The molecule has 0 bridgehead atoms. The minimum Gasteiger partial charge on any atom is -0.444 e. The number of ether oxygens (including phenoxy) is 2. The molecular weight excluding hydrogens is 272 g/mol. The second-order valence-corrected chi connectivity index (χ2v) is 5.24. The number of primary amides is 1. The first-order chi connectivity index (χ1) is 9.74. The zero-order valence-corrected chi connectivity index (χ0v) is 13.0. The highest BCUT2D eigenvalue weighted by atomic mass is 16.6. The molecule has 0 saturated heterocycles. The quantitative estimate of drug-likeness (QED) is 0.886. The van der Waals surface area contributed by atoms with E-state index in [1.165, 1.54) is 5.56 Å². The van der Waals surface area contributed by atoms with Crippen molar-refractivity contribution in [2.75, 3.05) is 13.7 Å². The maximum absolute atomic E-state index is 10.8. The zero-order chi connectivity index (χ0) is 16.3. The fourth-order valence-corrected chi connectivity index (χ4v) is 1.21. The van der Waals surface area contributed by atoms with Crippen LogP contribution in [0.3, 0.4) is 0 Å². The molecule has 6 heteroatoms. The largest absolute Gasteiger partial charge is 0.444 e. The lowest BCUT2D eigenvalue weighted by Crippen LogP contribution is -2.37. The van der Waals surface area contributed by atoms with Crippen molar-refractivity contribution in [3.63, 3.8) is 0 Å². The summed E-state index contributed by atoms with van der Waals surface area (Å²) in [5.41, 5.74) is 5.46. The number of methoxy groups -OCH3 is 1. The highest BCUT2D eigenvalue weighted by Crippen LogP contribution is 2.05. The highest BCUT2D eigenvalue weighted by Gasteiger charge is 2.15. The summed E-state index contributed by atoms with van der Waals surface area (Å²) in [4.78, 5) is 21.0. The number of carbonyl (C=O) groups is 2. The Morgan fingerprint density at radius 1 is 1.19 bits per heavy atom. The third-order valence-electron chi connectivity index (χ3n) is 1.96. The smallest absolute Gasteiger partial charge is 0.408 e. The molecule has 0 unspecified atom stereocenters. The molecule has 6 nitrogen and oxygen atoms in total. The highest BCUT2D eigenvalue weighted by molar-refractivity contribution is 5.80. The molecule has 0 atom stereocenters. The molecule has 2 amide bonds. The maximum Gasteiger partial charge on any atom is 0.408 e. The molecule has 3 N–H and O–H groups in total. The number of nitrogens with two attached hydrogens (primary N) is 1. The van der Waals surface area contributed by atoms with Crippen LogP contribution in [0.25, 0.3) is 0 Å². The minimum atomic E-state index is -0.638. The lowest BCUT2D eigenvalue weighted by molar-refractivity contribution is -0.117. The van der Waals surface area contributed by atoms with Gasteiger partial charge in [-0.3, -0.25) is 4.79 Å². The molecule has 0 radical (unpaired) electrons. The van der Waals surface area contributed by atoms with E-state index in [0.29, 0.717) is 6.61 Å². The van der Waals surface area contributed by atoms with Crippen molar-refractivity contribution in [3.8, 4) is 0 Å². The first kappa shape index (κ1) is 18.9. The third-order valence-corrected chi connectivity index (χ3v) is 1.96. The van der Waals surface area contributed by atoms with E-state index in [0.717, 1.165) is 0 Å². The van der Waals surface area contributed by atoms with E-state index in [4.69, 9.17) is 15.2 Å². The lowest BCUT2D eigenvalue weighted by atomic mass is 10.2. The molecule has 1 aromatic rings. The van der Waals surface area contributed by atoms with Crippen LogP contribution in [0.4, 0.5) is 4.79 Å². The summed E-state index contributed by atoms with van der Waals surface area (Å²) in [5, 5.41) is 2.20. The number of nitrogens with one attached hydrogen (secondary N) is 1. The zero-order valence-electron chi connectivity index (χ0n) is 13.0. The monoisotopic (exact) mass is 296 g/mol. The number of rotatable bonds is 4. The Hall–Kier alpha value is -2.08. The van der Waals surface area contributed by atoms with E-state index in [9.17, 15) is 9.59 Å². The Morgan fingerprint density at radius 2 is 1.76 bits per heavy atom. The average Bonchev–Trinajstić information content (AvgIpc) is 2.37. The van der Waals surface area contributed by atoms with Crippen LogP contribution < -0.4 is 11.1 Å². The summed E-state index contributed by atoms with van der Waals surface area (Å²) >= 11 is 0. The molecule has 1 rings (SSSR count). The second-order valence-electron chi connectivity index (χ2n) is 5.24. The third kappa shape index (κ3) is 12.7. The Balaban J connectivity index is 0.000000394. The number of alkyl carbamates (subject to hydrolysis) is 1. The topological polar surface area (TPSA) is 90.6 Å². The van der Waals surface area contributed by atoms with Crippen molar-refractivity contribution in [1.29, 1.82) is 0 Å². The van der Waals surface area contributed by atoms with Crippen LogP contribution >= 0.6 is 0 Å². The summed E-state index contributed by atoms with van der Waals surface area (Å²) in [6.45, 7) is 5.71. The number of amides is 2. The number of benzene rings is 1. The van der Waals surface area contributed by atoms with E-state index >= 15 is 0 Å². The van der Waals surface area contributed by atoms with Crippen LogP contribution in [0.1, 0.15) is 26.3 Å². The van der Waals surface area contributed by atoms with Crippen LogP contribution in [0, 0.1) is 0 Å². The van der Waals surface area contributed by atoms with Crippen molar-refractivity contribution < 1.29 is 19.1 Å². The molecule has 21 heavy (non-hydrogen) atoms. The molecular formula is C15H24N2O4. The molecule has 0 aromatic heterocycles. The summed E-state index contributed by atoms with van der Waals surface area (Å²) in [6.07, 6.45) is -0.638. The predicted molar refractivity (Wildman–Crippen MR) is 80.6 cm³/mol. The van der Waals surface area contributed by atoms with E-state index < -0.39 is 17.6 Å². The van der Waals surface area contributed by atoms with Crippen LogP contribution in [0.15, 0.2) is 30.3 Å². The summed E-state index contributed by atoms with van der Waals surface area (Å²) in [6, 6.07) is 10.1. The fourth-order valence-electron chi connectivity index (χ4n) is 1.21. The Morgan fingerprint density at radius 3 is 2.19 bits per heavy atom. The lowest BCUT2D eigenvalue weighted by Gasteiger charge is -2.19. The van der Waals surface area contributed by atoms with Gasteiger partial charge in [-0.25, -0.2) is 4.79 Å². The van der Waals surface area contributed by atoms with Crippen molar-refractivity contribution in [2.24, 2.45) is 5.73 Å². The van der Waals surface area contributed by atoms with Gasteiger partial charge in [-0.1, -0.05) is 30.3 Å². The van der Waals surface area contributed by atoms with Gasteiger partial charge in [-0.15, -0.1) is 0 Å². The molecule has 0 heterocycles. The Labute approximate surface area is 125 Å². The molecule has 0 spiro atoms. The van der Waals surface area contributed by atoms with Gasteiger partial charge in [0.2, 0.25) is 5.91 Å². The SMILES string of the molecule is CC(C)(C)OC(=O)NCC(N)=O.COCc1ccccc1. The van der Waals surface area contributed by atoms with E-state index in [-0.39, 0.29) is 6.54 Å². The van der Waals surface area contributed by atoms with Gasteiger partial charge in [0.25, 0.3) is 0 Å².